The van der Waals surface area contributed by atoms with Crippen LogP contribution in [0.5, 0.6) is 0 Å². The summed E-state index contributed by atoms with van der Waals surface area (Å²) in [5, 5.41) is 4.96. The van der Waals surface area contributed by atoms with Gasteiger partial charge in [-0.15, -0.1) is 0 Å². The minimum absolute atomic E-state index is 0.184. The second-order valence-corrected chi connectivity index (χ2v) is 6.56. The molecule has 1 aromatic heterocycles. The van der Waals surface area contributed by atoms with Crippen LogP contribution in [0.4, 0.5) is 4.69 Å². The van der Waals surface area contributed by atoms with Crippen molar-refractivity contribution in [3.63, 3.8) is 0 Å². The van der Waals surface area contributed by atoms with Gasteiger partial charge in [0.1, 0.15) is 0 Å². The number of nitrogens with zero attached hydrogens (tertiary/aromatic N) is 2. The molecule has 0 aliphatic heterocycles. The van der Waals surface area contributed by atoms with Gasteiger partial charge in [0.2, 0.25) is 0 Å². The molecule has 3 nitrogen and oxygen atoms in total. The standard InChI is InChI=1S/C16H12ClN3Se/c17-14-8-6-13(7-9-14)15-11-21-16(19-15)20-18-10-12-4-2-1-3-5-12/h1-11H,(H,19,20)/b18-10-. The van der Waals surface area contributed by atoms with E-state index in [1.54, 1.807) is 6.21 Å². The van der Waals surface area contributed by atoms with Crippen LogP contribution < -0.4 is 5.43 Å². The van der Waals surface area contributed by atoms with Gasteiger partial charge in [0.05, 0.1) is 0 Å². The Morgan fingerprint density at radius 2 is 1.81 bits per heavy atom. The van der Waals surface area contributed by atoms with E-state index in [-0.39, 0.29) is 14.5 Å². The van der Waals surface area contributed by atoms with Crippen molar-refractivity contribution in [2.24, 2.45) is 5.10 Å². The van der Waals surface area contributed by atoms with Gasteiger partial charge in [-0.1, -0.05) is 0 Å². The molecule has 0 spiro atoms. The first-order valence-corrected chi connectivity index (χ1v) is 8.59. The van der Waals surface area contributed by atoms with Crippen LogP contribution in [0.25, 0.3) is 11.3 Å². The fourth-order valence-corrected chi connectivity index (χ4v) is 3.31. The first-order valence-electron chi connectivity index (χ1n) is 6.37. The van der Waals surface area contributed by atoms with Crippen LogP contribution in [0.15, 0.2) is 64.6 Å². The summed E-state index contributed by atoms with van der Waals surface area (Å²) in [6.45, 7) is 0. The van der Waals surface area contributed by atoms with Gasteiger partial charge in [-0.3, -0.25) is 0 Å². The molecule has 0 radical (unpaired) electrons. The summed E-state index contributed by atoms with van der Waals surface area (Å²) in [6.07, 6.45) is 1.79. The molecule has 0 aliphatic carbocycles. The minimum atomic E-state index is 0.184. The second-order valence-electron chi connectivity index (χ2n) is 4.33. The van der Waals surface area contributed by atoms with Crippen molar-refractivity contribution in [2.45, 2.75) is 0 Å². The second kappa shape index (κ2) is 6.72. The van der Waals surface area contributed by atoms with Crippen molar-refractivity contribution < 1.29 is 0 Å². The van der Waals surface area contributed by atoms with E-state index in [2.05, 4.69) is 20.5 Å². The van der Waals surface area contributed by atoms with E-state index in [0.29, 0.717) is 0 Å². The van der Waals surface area contributed by atoms with Gasteiger partial charge < -0.3 is 0 Å². The van der Waals surface area contributed by atoms with E-state index in [4.69, 9.17) is 11.6 Å². The number of aromatic nitrogens is 1. The van der Waals surface area contributed by atoms with Crippen molar-refractivity contribution in [2.75, 3.05) is 5.43 Å². The molecule has 3 aromatic rings. The SMILES string of the molecule is Clc1ccc(-c2c[se]c(N/N=C\c3ccccc3)n2)cc1. The maximum atomic E-state index is 5.89. The fourth-order valence-electron chi connectivity index (χ4n) is 1.78. The average molecular weight is 361 g/mol. The number of rotatable bonds is 4. The van der Waals surface area contributed by atoms with Crippen LogP contribution in [0.3, 0.4) is 0 Å². The Balaban J connectivity index is 1.68. The Hall–Kier alpha value is -1.87. The monoisotopic (exact) mass is 361 g/mol. The fraction of sp³-hybridized carbons (Fsp3) is 0. The average Bonchev–Trinajstić information content (AvgIpc) is 2.98. The number of hydrogen-bond acceptors (Lipinski definition) is 3. The zero-order valence-electron chi connectivity index (χ0n) is 11.0. The van der Waals surface area contributed by atoms with Gasteiger partial charge in [-0.05, 0) is 0 Å². The first kappa shape index (κ1) is 14.1. The molecule has 0 saturated carbocycles. The van der Waals surface area contributed by atoms with E-state index >= 15 is 0 Å². The Morgan fingerprint density at radius 1 is 1.05 bits per heavy atom. The first-order chi connectivity index (χ1) is 10.3. The van der Waals surface area contributed by atoms with Gasteiger partial charge in [-0.2, -0.15) is 0 Å². The van der Waals surface area contributed by atoms with Crippen molar-refractivity contribution in [3.8, 4) is 11.3 Å². The van der Waals surface area contributed by atoms with Crippen molar-refractivity contribution in [1.82, 2.24) is 4.98 Å². The van der Waals surface area contributed by atoms with E-state index in [1.807, 2.05) is 54.6 Å². The summed E-state index contributed by atoms with van der Waals surface area (Å²) in [4.78, 5) is 6.69. The van der Waals surface area contributed by atoms with E-state index in [0.717, 1.165) is 26.5 Å². The summed E-state index contributed by atoms with van der Waals surface area (Å²) >= 11 is 6.07. The Morgan fingerprint density at radius 3 is 2.57 bits per heavy atom. The topological polar surface area (TPSA) is 37.3 Å². The van der Waals surface area contributed by atoms with Crippen LogP contribution in [-0.2, 0) is 0 Å². The molecule has 1 heterocycles. The van der Waals surface area contributed by atoms with Crippen LogP contribution >= 0.6 is 11.6 Å². The van der Waals surface area contributed by atoms with Gasteiger partial charge >= 0.3 is 134 Å². The van der Waals surface area contributed by atoms with Gasteiger partial charge in [-0.25, -0.2) is 0 Å². The van der Waals surface area contributed by atoms with Gasteiger partial charge in [0, 0.05) is 0 Å². The Bertz CT molecular complexity index is 736. The molecule has 104 valence electrons. The van der Waals surface area contributed by atoms with E-state index < -0.39 is 0 Å². The molecule has 0 fully saturated rings. The summed E-state index contributed by atoms with van der Waals surface area (Å²) in [6, 6.07) is 17.7. The summed E-state index contributed by atoms with van der Waals surface area (Å²) in [5.41, 5.74) is 6.12. The molecule has 0 atom stereocenters. The number of nitrogens with one attached hydrogen (secondary N) is 1. The third-order valence-electron chi connectivity index (χ3n) is 2.82. The number of benzene rings is 2. The molecule has 0 bridgehead atoms. The number of anilines is 1. The quantitative estimate of drug-likeness (QED) is 0.435. The van der Waals surface area contributed by atoms with Crippen molar-refractivity contribution in [3.05, 3.63) is 70.1 Å². The number of hydrogen-bond donors (Lipinski definition) is 1. The Kier molecular flexibility index (Phi) is 4.51. The molecule has 0 unspecified atom stereocenters. The third-order valence-corrected chi connectivity index (χ3v) is 4.64. The van der Waals surface area contributed by atoms with Crippen molar-refractivity contribution in [1.29, 1.82) is 0 Å². The molecule has 0 aliphatic rings. The van der Waals surface area contributed by atoms with Crippen LogP contribution in [0.2, 0.25) is 5.02 Å². The molecule has 3 rings (SSSR count). The molecular weight excluding hydrogens is 349 g/mol. The summed E-state index contributed by atoms with van der Waals surface area (Å²) < 4.78 is 0.902. The molecule has 1 N–H and O–H groups in total. The predicted molar refractivity (Wildman–Crippen MR) is 89.3 cm³/mol. The maximum absolute atomic E-state index is 5.89. The summed E-state index contributed by atoms with van der Waals surface area (Å²) in [5.74, 6) is 0. The van der Waals surface area contributed by atoms with Crippen LogP contribution in [-0.4, -0.2) is 25.7 Å². The molecule has 0 saturated heterocycles. The van der Waals surface area contributed by atoms with Gasteiger partial charge in [0.25, 0.3) is 0 Å². The van der Waals surface area contributed by atoms with Crippen LogP contribution in [0, 0.1) is 0 Å². The number of halogens is 1. The molecule has 21 heavy (non-hydrogen) atoms. The predicted octanol–water partition coefficient (Wildman–Crippen LogP) is 3.91. The van der Waals surface area contributed by atoms with Crippen molar-refractivity contribution >= 4 is 37.0 Å². The molecular formula is C16H12ClN3Se. The van der Waals surface area contributed by atoms with Crippen LogP contribution in [0.1, 0.15) is 5.56 Å². The normalized spacial score (nSPS) is 10.9. The molecule has 0 amide bonds. The van der Waals surface area contributed by atoms with Gasteiger partial charge in [0.15, 0.2) is 0 Å². The zero-order valence-corrected chi connectivity index (χ0v) is 13.5. The van der Waals surface area contributed by atoms with E-state index in [1.165, 1.54) is 0 Å². The molecule has 5 heteroatoms. The number of hydrazone groups is 1. The van der Waals surface area contributed by atoms with E-state index in [9.17, 15) is 0 Å². The summed E-state index contributed by atoms with van der Waals surface area (Å²) in [7, 11) is 0. The zero-order chi connectivity index (χ0) is 14.5. The third kappa shape index (κ3) is 3.82. The molecule has 2 aromatic carbocycles. The Labute approximate surface area is 134 Å².